The number of aromatic nitrogens is 1. The third kappa shape index (κ3) is 3.73. The maximum atomic E-state index is 12.7. The molecule has 0 radical (unpaired) electrons. The lowest BCUT2D eigenvalue weighted by Gasteiger charge is -2.42. The van der Waals surface area contributed by atoms with Crippen molar-refractivity contribution in [1.29, 1.82) is 0 Å². The summed E-state index contributed by atoms with van der Waals surface area (Å²) in [4.78, 5) is 21.2. The van der Waals surface area contributed by atoms with Crippen LogP contribution >= 0.6 is 0 Å². The molecule has 1 amide bonds. The van der Waals surface area contributed by atoms with Gasteiger partial charge in [0, 0.05) is 43.5 Å². The highest BCUT2D eigenvalue weighted by Gasteiger charge is 2.29. The topological polar surface area (TPSA) is 48.5 Å². The van der Waals surface area contributed by atoms with Crippen LogP contribution in [-0.4, -0.2) is 59.5 Å². The quantitative estimate of drug-likeness (QED) is 0.922. The van der Waals surface area contributed by atoms with E-state index in [1.54, 1.807) is 12.3 Å². The summed E-state index contributed by atoms with van der Waals surface area (Å²) >= 11 is 0. The number of hydrogen-bond acceptors (Lipinski definition) is 4. The standard InChI is InChI=1S/C16H26N4O/c1-5-7-17-15-9-14(6-8-18-15)16(21)20-10-12(2)19(4)13(3)11-20/h6,8-9,12-13H,5,7,10-11H2,1-4H3,(H,17,18). The van der Waals surface area contributed by atoms with Gasteiger partial charge >= 0.3 is 0 Å². The first kappa shape index (κ1) is 15.8. The normalized spacial score (nSPS) is 23.1. The van der Waals surface area contributed by atoms with Gasteiger partial charge in [0.15, 0.2) is 0 Å². The third-order valence-corrected chi connectivity index (χ3v) is 4.21. The second-order valence-corrected chi connectivity index (χ2v) is 5.93. The smallest absolute Gasteiger partial charge is 0.254 e. The minimum absolute atomic E-state index is 0.101. The zero-order valence-electron chi connectivity index (χ0n) is 13.5. The number of carbonyl (C=O) groups excluding carboxylic acids is 1. The van der Waals surface area contributed by atoms with Crippen LogP contribution in [0.25, 0.3) is 0 Å². The Kier molecular flexibility index (Phi) is 5.17. The lowest BCUT2D eigenvalue weighted by atomic mass is 10.1. The van der Waals surface area contributed by atoms with E-state index in [0.29, 0.717) is 17.6 Å². The number of nitrogens with one attached hydrogen (secondary N) is 1. The SMILES string of the molecule is CCCNc1cc(C(=O)N2CC(C)N(C)C(C)C2)ccn1. The van der Waals surface area contributed by atoms with Crippen molar-refractivity contribution in [2.75, 3.05) is 32.0 Å². The molecule has 1 aromatic rings. The van der Waals surface area contributed by atoms with E-state index in [1.807, 2.05) is 11.0 Å². The van der Waals surface area contributed by atoms with E-state index in [9.17, 15) is 4.79 Å². The predicted octanol–water partition coefficient (Wildman–Crippen LogP) is 2.07. The zero-order valence-corrected chi connectivity index (χ0v) is 13.5. The number of rotatable bonds is 4. The summed E-state index contributed by atoms with van der Waals surface area (Å²) in [6.07, 6.45) is 2.74. The molecule has 5 heteroatoms. The summed E-state index contributed by atoms with van der Waals surface area (Å²) in [5, 5.41) is 3.23. The first-order chi connectivity index (χ1) is 10.0. The van der Waals surface area contributed by atoms with Crippen LogP contribution < -0.4 is 5.32 Å². The number of amides is 1. The number of likely N-dealkylation sites (N-methyl/N-ethyl adjacent to an activating group) is 1. The third-order valence-electron chi connectivity index (χ3n) is 4.21. The Bertz CT molecular complexity index is 479. The molecular formula is C16H26N4O. The Morgan fingerprint density at radius 3 is 2.67 bits per heavy atom. The van der Waals surface area contributed by atoms with Crippen LogP contribution in [0.15, 0.2) is 18.3 Å². The van der Waals surface area contributed by atoms with Crippen LogP contribution in [0.4, 0.5) is 5.82 Å². The van der Waals surface area contributed by atoms with E-state index in [-0.39, 0.29) is 5.91 Å². The second kappa shape index (κ2) is 6.89. The molecule has 1 fully saturated rings. The molecule has 2 unspecified atom stereocenters. The molecule has 1 aliphatic rings. The van der Waals surface area contributed by atoms with Crippen LogP contribution in [0.3, 0.4) is 0 Å². The fourth-order valence-electron chi connectivity index (χ4n) is 2.67. The Morgan fingerprint density at radius 2 is 2.05 bits per heavy atom. The fraction of sp³-hybridized carbons (Fsp3) is 0.625. The van der Waals surface area contributed by atoms with Crippen LogP contribution in [0, 0.1) is 0 Å². The molecule has 2 heterocycles. The highest BCUT2D eigenvalue weighted by molar-refractivity contribution is 5.95. The van der Waals surface area contributed by atoms with Crippen LogP contribution in [-0.2, 0) is 0 Å². The number of nitrogens with zero attached hydrogens (tertiary/aromatic N) is 3. The van der Waals surface area contributed by atoms with Gasteiger partial charge in [0.25, 0.3) is 5.91 Å². The average molecular weight is 290 g/mol. The van der Waals surface area contributed by atoms with Crippen molar-refractivity contribution in [1.82, 2.24) is 14.8 Å². The highest BCUT2D eigenvalue weighted by Crippen LogP contribution is 2.17. The van der Waals surface area contributed by atoms with Gasteiger partial charge in [-0.05, 0) is 39.4 Å². The summed E-state index contributed by atoms with van der Waals surface area (Å²) < 4.78 is 0. The summed E-state index contributed by atoms with van der Waals surface area (Å²) in [5.41, 5.74) is 0.715. The number of pyridine rings is 1. The van der Waals surface area contributed by atoms with Crippen LogP contribution in [0.5, 0.6) is 0 Å². The van der Waals surface area contributed by atoms with E-state index in [2.05, 4.69) is 43.0 Å². The maximum Gasteiger partial charge on any atom is 0.254 e. The van der Waals surface area contributed by atoms with Gasteiger partial charge in [0.2, 0.25) is 0 Å². The molecular weight excluding hydrogens is 264 g/mol. The van der Waals surface area contributed by atoms with E-state index in [4.69, 9.17) is 0 Å². The van der Waals surface area contributed by atoms with Crippen LogP contribution in [0.1, 0.15) is 37.6 Å². The number of anilines is 1. The van der Waals surface area contributed by atoms with Crippen molar-refractivity contribution in [3.63, 3.8) is 0 Å². The maximum absolute atomic E-state index is 12.7. The van der Waals surface area contributed by atoms with Crippen molar-refractivity contribution in [2.45, 2.75) is 39.3 Å². The van der Waals surface area contributed by atoms with Gasteiger partial charge in [-0.2, -0.15) is 0 Å². The minimum Gasteiger partial charge on any atom is -0.370 e. The van der Waals surface area contributed by atoms with Gasteiger partial charge in [0.1, 0.15) is 5.82 Å². The summed E-state index contributed by atoms with van der Waals surface area (Å²) in [7, 11) is 2.12. The molecule has 0 bridgehead atoms. The molecule has 1 aromatic heterocycles. The molecule has 5 nitrogen and oxygen atoms in total. The lowest BCUT2D eigenvalue weighted by Crippen LogP contribution is -2.56. The first-order valence-corrected chi connectivity index (χ1v) is 7.74. The van der Waals surface area contributed by atoms with Crippen molar-refractivity contribution < 1.29 is 4.79 Å². The van der Waals surface area contributed by atoms with Gasteiger partial charge in [-0.25, -0.2) is 4.98 Å². The Morgan fingerprint density at radius 1 is 1.38 bits per heavy atom. The molecule has 0 saturated carbocycles. The summed E-state index contributed by atoms with van der Waals surface area (Å²) in [6.45, 7) is 8.86. The molecule has 2 atom stereocenters. The van der Waals surface area contributed by atoms with Gasteiger partial charge in [0.05, 0.1) is 0 Å². The Labute approximate surface area is 127 Å². The predicted molar refractivity (Wildman–Crippen MR) is 85.6 cm³/mol. The summed E-state index contributed by atoms with van der Waals surface area (Å²) in [5.74, 6) is 0.877. The van der Waals surface area contributed by atoms with Gasteiger partial charge in [-0.3, -0.25) is 9.69 Å². The highest BCUT2D eigenvalue weighted by atomic mass is 16.2. The van der Waals surface area contributed by atoms with Gasteiger partial charge in [-0.15, -0.1) is 0 Å². The average Bonchev–Trinajstić information content (AvgIpc) is 2.49. The number of piperazine rings is 1. The summed E-state index contributed by atoms with van der Waals surface area (Å²) in [6, 6.07) is 4.42. The van der Waals surface area contributed by atoms with Crippen molar-refractivity contribution in [3.05, 3.63) is 23.9 Å². The molecule has 1 saturated heterocycles. The second-order valence-electron chi connectivity index (χ2n) is 5.93. The zero-order chi connectivity index (χ0) is 15.4. The lowest BCUT2D eigenvalue weighted by molar-refractivity contribution is 0.0414. The van der Waals surface area contributed by atoms with E-state index in [1.165, 1.54) is 0 Å². The van der Waals surface area contributed by atoms with Gasteiger partial charge in [-0.1, -0.05) is 6.92 Å². The van der Waals surface area contributed by atoms with Gasteiger partial charge < -0.3 is 10.2 Å². The van der Waals surface area contributed by atoms with Crippen molar-refractivity contribution in [2.24, 2.45) is 0 Å². The molecule has 2 rings (SSSR count). The molecule has 21 heavy (non-hydrogen) atoms. The molecule has 0 spiro atoms. The molecule has 0 aliphatic carbocycles. The van der Waals surface area contributed by atoms with Crippen molar-refractivity contribution >= 4 is 11.7 Å². The largest absolute Gasteiger partial charge is 0.370 e. The minimum atomic E-state index is 0.101. The molecule has 116 valence electrons. The number of carbonyl (C=O) groups is 1. The first-order valence-electron chi connectivity index (χ1n) is 7.74. The van der Waals surface area contributed by atoms with Crippen LogP contribution in [0.2, 0.25) is 0 Å². The van der Waals surface area contributed by atoms with E-state index < -0.39 is 0 Å². The number of hydrogen-bond donors (Lipinski definition) is 1. The Balaban J connectivity index is 2.09. The molecule has 1 aliphatic heterocycles. The Hall–Kier alpha value is -1.62. The fourth-order valence-corrected chi connectivity index (χ4v) is 2.67. The van der Waals surface area contributed by atoms with E-state index >= 15 is 0 Å². The van der Waals surface area contributed by atoms with Crippen molar-refractivity contribution in [3.8, 4) is 0 Å². The molecule has 1 N–H and O–H groups in total. The monoisotopic (exact) mass is 290 g/mol. The molecule has 0 aromatic carbocycles. The van der Waals surface area contributed by atoms with E-state index in [0.717, 1.165) is 31.9 Å².